The third-order valence-electron chi connectivity index (χ3n) is 1.34. The molecule has 0 saturated heterocycles. The van der Waals surface area contributed by atoms with Crippen LogP contribution in [0.25, 0.3) is 0 Å². The molecule has 1 radical (unpaired) electrons. The molecule has 1 aromatic carbocycles. The Bertz CT molecular complexity index is 263. The fraction of sp³-hybridized carbons (Fsp3) is 0.125. The van der Waals surface area contributed by atoms with E-state index >= 15 is 0 Å². The number of carbonyl (C=O) groups is 1. The second-order valence-electron chi connectivity index (χ2n) is 2.08. The molecular weight excluding hydrogens is 174 g/mol. The van der Waals surface area contributed by atoms with Crippen LogP contribution in [0.2, 0.25) is 0 Å². The van der Waals surface area contributed by atoms with Gasteiger partial charge in [-0.05, 0) is 24.8 Å². The zero-order valence-corrected chi connectivity index (χ0v) is 7.38. The van der Waals surface area contributed by atoms with Crippen molar-refractivity contribution >= 4 is 23.6 Å². The molecule has 0 aliphatic rings. The summed E-state index contributed by atoms with van der Waals surface area (Å²) in [6.45, 7) is 0. The summed E-state index contributed by atoms with van der Waals surface area (Å²) in [7, 11) is 1.40. The second kappa shape index (κ2) is 4.04. The van der Waals surface area contributed by atoms with Crippen molar-refractivity contribution in [1.29, 1.82) is 0 Å². The van der Waals surface area contributed by atoms with Crippen molar-refractivity contribution in [2.24, 2.45) is 0 Å². The molecule has 0 N–H and O–H groups in total. The van der Waals surface area contributed by atoms with E-state index in [9.17, 15) is 4.79 Å². The van der Waals surface area contributed by atoms with Crippen molar-refractivity contribution in [1.82, 2.24) is 0 Å². The average molecular weight is 182 g/mol. The number of nitrogens with zero attached hydrogens (tertiary/aromatic N) is 1. The molecule has 3 nitrogen and oxygen atoms in total. The van der Waals surface area contributed by atoms with Gasteiger partial charge in [-0.25, -0.2) is 0 Å². The van der Waals surface area contributed by atoms with Gasteiger partial charge in [0.25, 0.3) is 0 Å². The van der Waals surface area contributed by atoms with Crippen molar-refractivity contribution in [3.63, 3.8) is 0 Å². The van der Waals surface area contributed by atoms with E-state index < -0.39 is 5.24 Å². The van der Waals surface area contributed by atoms with Crippen LogP contribution in [0.4, 0.5) is 10.5 Å². The van der Waals surface area contributed by atoms with Gasteiger partial charge in [0, 0.05) is 0 Å². The Morgan fingerprint density at radius 1 is 1.42 bits per heavy atom. The van der Waals surface area contributed by atoms with E-state index in [4.69, 9.17) is 4.84 Å². The molecule has 0 aliphatic carbocycles. The van der Waals surface area contributed by atoms with Crippen LogP contribution in [0, 0.1) is 0 Å². The van der Waals surface area contributed by atoms with E-state index in [1.54, 1.807) is 24.3 Å². The first kappa shape index (κ1) is 8.96. The maximum atomic E-state index is 10.8. The monoisotopic (exact) mass is 182 g/mol. The van der Waals surface area contributed by atoms with Gasteiger partial charge in [-0.1, -0.05) is 18.2 Å². The number of hydrogen-bond donors (Lipinski definition) is 0. The summed E-state index contributed by atoms with van der Waals surface area (Å²) in [4.78, 5) is 15.6. The van der Waals surface area contributed by atoms with Crippen LogP contribution < -0.4 is 5.06 Å². The van der Waals surface area contributed by atoms with Crippen molar-refractivity contribution < 1.29 is 9.63 Å². The Hall–Kier alpha value is -1.13. The maximum absolute atomic E-state index is 10.8. The molecule has 0 aromatic heterocycles. The molecule has 0 atom stereocenters. The van der Waals surface area contributed by atoms with Gasteiger partial charge in [-0.2, -0.15) is 5.06 Å². The summed E-state index contributed by atoms with van der Waals surface area (Å²) < 4.78 is 0. The number of hydrogen-bond acceptors (Lipinski definition) is 2. The van der Waals surface area contributed by atoms with E-state index in [0.29, 0.717) is 5.69 Å². The van der Waals surface area contributed by atoms with Gasteiger partial charge in [0.2, 0.25) is 0 Å². The van der Waals surface area contributed by atoms with E-state index in [-0.39, 0.29) is 0 Å². The zero-order chi connectivity index (χ0) is 8.97. The standard InChI is InChI=1S/C8H8NO2S/c1-11-9(8(10)12)7-5-3-2-4-6-7/h2-6H,1H3. The lowest BCUT2D eigenvalue weighted by molar-refractivity contribution is 0.177. The van der Waals surface area contributed by atoms with Crippen LogP contribution in [0.1, 0.15) is 0 Å². The first-order valence-corrected chi connectivity index (χ1v) is 3.77. The number of rotatable bonds is 2. The molecule has 1 aromatic rings. The Kier molecular flexibility index (Phi) is 3.01. The van der Waals surface area contributed by atoms with Crippen molar-refractivity contribution in [3.8, 4) is 0 Å². The van der Waals surface area contributed by atoms with Gasteiger partial charge >= 0.3 is 5.24 Å². The predicted octanol–water partition coefficient (Wildman–Crippen LogP) is 2.37. The Labute approximate surface area is 76.3 Å². The Morgan fingerprint density at radius 3 is 2.42 bits per heavy atom. The number of hydroxylamine groups is 1. The van der Waals surface area contributed by atoms with Crippen LogP contribution in [0.5, 0.6) is 0 Å². The summed E-state index contributed by atoms with van der Waals surface area (Å²) in [5, 5.41) is 0.499. The van der Waals surface area contributed by atoms with Crippen molar-refractivity contribution in [3.05, 3.63) is 30.3 Å². The summed E-state index contributed by atoms with van der Waals surface area (Å²) in [5.41, 5.74) is 0.639. The molecule has 0 fully saturated rings. The maximum Gasteiger partial charge on any atom is 0.341 e. The minimum Gasteiger partial charge on any atom is -0.268 e. The van der Waals surface area contributed by atoms with Crippen LogP contribution in [0.15, 0.2) is 30.3 Å². The normalized spacial score (nSPS) is 9.42. The highest BCUT2D eigenvalue weighted by atomic mass is 32.1. The molecular formula is C8H8NO2S. The zero-order valence-electron chi connectivity index (χ0n) is 6.56. The van der Waals surface area contributed by atoms with Gasteiger partial charge in [0.15, 0.2) is 0 Å². The lowest BCUT2D eigenvalue weighted by Gasteiger charge is -2.15. The average Bonchev–Trinajstić information content (AvgIpc) is 2.07. The fourth-order valence-corrected chi connectivity index (χ4v) is 1.03. The second-order valence-corrected chi connectivity index (χ2v) is 2.43. The minimum atomic E-state index is -0.552. The number of para-hydroxylation sites is 1. The number of anilines is 1. The fourth-order valence-electron chi connectivity index (χ4n) is 0.849. The quantitative estimate of drug-likeness (QED) is 0.657. The van der Waals surface area contributed by atoms with Crippen LogP contribution in [0.3, 0.4) is 0 Å². The van der Waals surface area contributed by atoms with E-state index in [0.717, 1.165) is 5.06 Å². The highest BCUT2D eigenvalue weighted by molar-refractivity contribution is 7.96. The first-order chi connectivity index (χ1) is 5.75. The molecule has 4 heteroatoms. The summed E-state index contributed by atoms with van der Waals surface area (Å²) in [6, 6.07) is 8.95. The molecule has 0 aliphatic heterocycles. The van der Waals surface area contributed by atoms with E-state index in [1.807, 2.05) is 6.07 Å². The molecule has 1 rings (SSSR count). The Morgan fingerprint density at radius 2 is 2.00 bits per heavy atom. The highest BCUT2D eigenvalue weighted by Crippen LogP contribution is 2.14. The van der Waals surface area contributed by atoms with E-state index in [1.165, 1.54) is 7.11 Å². The molecule has 0 spiro atoms. The largest absolute Gasteiger partial charge is 0.341 e. The van der Waals surface area contributed by atoms with Crippen LogP contribution in [-0.2, 0) is 4.84 Å². The number of carbonyl (C=O) groups excluding carboxylic acids is 1. The van der Waals surface area contributed by atoms with Crippen LogP contribution >= 0.6 is 12.6 Å². The molecule has 0 saturated carbocycles. The third-order valence-corrected chi connectivity index (χ3v) is 1.50. The molecule has 0 heterocycles. The summed E-state index contributed by atoms with van der Waals surface area (Å²) in [6.07, 6.45) is 0. The van der Waals surface area contributed by atoms with Gasteiger partial charge in [0.1, 0.15) is 0 Å². The highest BCUT2D eigenvalue weighted by Gasteiger charge is 2.10. The lowest BCUT2D eigenvalue weighted by atomic mass is 10.3. The molecule has 0 unspecified atom stereocenters. The lowest BCUT2D eigenvalue weighted by Crippen LogP contribution is -2.23. The molecule has 12 heavy (non-hydrogen) atoms. The van der Waals surface area contributed by atoms with Crippen LogP contribution in [-0.4, -0.2) is 12.3 Å². The van der Waals surface area contributed by atoms with Gasteiger partial charge < -0.3 is 0 Å². The topological polar surface area (TPSA) is 29.5 Å². The van der Waals surface area contributed by atoms with Gasteiger partial charge in [0.05, 0.1) is 12.8 Å². The van der Waals surface area contributed by atoms with Gasteiger partial charge in [-0.15, -0.1) is 0 Å². The smallest absolute Gasteiger partial charge is 0.268 e. The van der Waals surface area contributed by atoms with Gasteiger partial charge in [-0.3, -0.25) is 9.63 Å². The Balaban J connectivity index is 2.88. The number of benzene rings is 1. The van der Waals surface area contributed by atoms with Crippen molar-refractivity contribution in [2.45, 2.75) is 0 Å². The minimum absolute atomic E-state index is 0.552. The summed E-state index contributed by atoms with van der Waals surface area (Å²) in [5.74, 6) is 0. The molecule has 0 bridgehead atoms. The first-order valence-electron chi connectivity index (χ1n) is 3.36. The SMILES string of the molecule is CON(C(=O)[S])c1ccccc1. The predicted molar refractivity (Wildman–Crippen MR) is 48.9 cm³/mol. The summed E-state index contributed by atoms with van der Waals surface area (Å²) >= 11 is 4.44. The molecule has 1 amide bonds. The third kappa shape index (κ3) is 1.93. The molecule has 63 valence electrons. The van der Waals surface area contributed by atoms with Crippen molar-refractivity contribution in [2.75, 3.05) is 12.2 Å². The van der Waals surface area contributed by atoms with E-state index in [2.05, 4.69) is 12.6 Å². The number of amides is 1.